The number of esters is 1. The third kappa shape index (κ3) is 5.77. The van der Waals surface area contributed by atoms with Gasteiger partial charge in [-0.05, 0) is 55.3 Å². The average molecular weight is 402 g/mol. The van der Waals surface area contributed by atoms with E-state index in [1.54, 1.807) is 0 Å². The molecule has 0 aliphatic heterocycles. The van der Waals surface area contributed by atoms with Crippen LogP contribution in [0.15, 0.2) is 60.0 Å². The lowest BCUT2D eigenvalue weighted by atomic mass is 10.1. The van der Waals surface area contributed by atoms with Crippen LogP contribution in [0.2, 0.25) is 0 Å². The van der Waals surface area contributed by atoms with Gasteiger partial charge in [-0.25, -0.2) is 17.9 Å². The summed E-state index contributed by atoms with van der Waals surface area (Å²) in [6.07, 6.45) is 1.42. The lowest BCUT2D eigenvalue weighted by Crippen LogP contribution is -2.24. The Morgan fingerprint density at radius 1 is 1.11 bits per heavy atom. The van der Waals surface area contributed by atoms with Crippen LogP contribution in [-0.4, -0.2) is 33.4 Å². The van der Waals surface area contributed by atoms with Crippen molar-refractivity contribution in [1.29, 1.82) is 0 Å². The molecule has 0 fully saturated rings. The fraction of sp³-hybridized carbons (Fsp3) is 0.200. The Morgan fingerprint density at radius 2 is 1.79 bits per heavy atom. The zero-order chi connectivity index (χ0) is 20.7. The molecule has 7 nitrogen and oxygen atoms in total. The smallest absolute Gasteiger partial charge is 0.338 e. The Bertz CT molecular complexity index is 982. The van der Waals surface area contributed by atoms with Crippen LogP contribution in [0.25, 0.3) is 0 Å². The molecule has 0 bridgehead atoms. The van der Waals surface area contributed by atoms with E-state index in [1.165, 1.54) is 30.3 Å². The molecule has 148 valence electrons. The Labute approximate surface area is 164 Å². The number of carbonyl (C=O) groups excluding carboxylic acids is 2. The Morgan fingerprint density at radius 3 is 2.43 bits per heavy atom. The summed E-state index contributed by atoms with van der Waals surface area (Å²) >= 11 is 0. The molecular formula is C20H22N2O5S. The molecule has 0 aliphatic rings. The summed E-state index contributed by atoms with van der Waals surface area (Å²) in [5.74, 6) is -1.19. The first-order chi connectivity index (χ1) is 13.2. The van der Waals surface area contributed by atoms with Crippen LogP contribution in [0.4, 0.5) is 5.69 Å². The van der Waals surface area contributed by atoms with Crippen molar-refractivity contribution < 1.29 is 22.7 Å². The van der Waals surface area contributed by atoms with Gasteiger partial charge >= 0.3 is 5.97 Å². The van der Waals surface area contributed by atoms with Crippen LogP contribution in [0.3, 0.4) is 0 Å². The van der Waals surface area contributed by atoms with Gasteiger partial charge in [-0.3, -0.25) is 4.79 Å². The Hall–Kier alpha value is -2.97. The summed E-state index contributed by atoms with van der Waals surface area (Å²) in [6.45, 7) is 6.86. The van der Waals surface area contributed by atoms with Crippen LogP contribution in [0.1, 0.15) is 21.5 Å². The zero-order valence-corrected chi connectivity index (χ0v) is 16.5. The minimum atomic E-state index is -3.67. The van der Waals surface area contributed by atoms with Crippen molar-refractivity contribution in [3.8, 4) is 0 Å². The van der Waals surface area contributed by atoms with E-state index >= 15 is 0 Å². The van der Waals surface area contributed by atoms with Gasteiger partial charge in [0.05, 0.1) is 10.5 Å². The van der Waals surface area contributed by atoms with E-state index < -0.39 is 28.5 Å². The molecule has 0 heterocycles. The van der Waals surface area contributed by atoms with Gasteiger partial charge in [0.2, 0.25) is 10.0 Å². The molecule has 0 radical (unpaired) electrons. The maximum absolute atomic E-state index is 12.1. The SMILES string of the molecule is C=CCNS(=O)(=O)c1ccc(C(=O)OCC(=O)Nc2cc(C)ccc2C)cc1. The van der Waals surface area contributed by atoms with Gasteiger partial charge in [-0.15, -0.1) is 6.58 Å². The van der Waals surface area contributed by atoms with E-state index in [-0.39, 0.29) is 17.0 Å². The predicted octanol–water partition coefficient (Wildman–Crippen LogP) is 2.56. The van der Waals surface area contributed by atoms with E-state index in [4.69, 9.17) is 4.74 Å². The van der Waals surface area contributed by atoms with Gasteiger partial charge in [0, 0.05) is 12.2 Å². The number of hydrogen-bond acceptors (Lipinski definition) is 5. The molecule has 2 N–H and O–H groups in total. The largest absolute Gasteiger partial charge is 0.452 e. The van der Waals surface area contributed by atoms with Gasteiger partial charge in [0.25, 0.3) is 5.91 Å². The molecule has 0 saturated carbocycles. The highest BCUT2D eigenvalue weighted by Crippen LogP contribution is 2.16. The topological polar surface area (TPSA) is 102 Å². The van der Waals surface area contributed by atoms with E-state index in [2.05, 4.69) is 16.6 Å². The van der Waals surface area contributed by atoms with Gasteiger partial charge < -0.3 is 10.1 Å². The highest BCUT2D eigenvalue weighted by Gasteiger charge is 2.15. The molecule has 0 aromatic heterocycles. The van der Waals surface area contributed by atoms with Crippen LogP contribution in [-0.2, 0) is 19.6 Å². The van der Waals surface area contributed by atoms with Crippen LogP contribution in [0, 0.1) is 13.8 Å². The second-order valence-corrected chi connectivity index (χ2v) is 7.87. The second kappa shape index (κ2) is 9.29. The molecule has 0 atom stereocenters. The van der Waals surface area contributed by atoms with Crippen molar-refractivity contribution in [3.63, 3.8) is 0 Å². The van der Waals surface area contributed by atoms with Crippen LogP contribution in [0.5, 0.6) is 0 Å². The quantitative estimate of drug-likeness (QED) is 0.522. The molecule has 1 amide bonds. The minimum Gasteiger partial charge on any atom is -0.452 e. The summed E-state index contributed by atoms with van der Waals surface area (Å²) < 4.78 is 31.3. The molecule has 8 heteroatoms. The number of carbonyl (C=O) groups is 2. The highest BCUT2D eigenvalue weighted by atomic mass is 32.2. The van der Waals surface area contributed by atoms with Gasteiger partial charge in [-0.1, -0.05) is 18.2 Å². The van der Waals surface area contributed by atoms with Crippen molar-refractivity contribution >= 4 is 27.6 Å². The first-order valence-electron chi connectivity index (χ1n) is 8.48. The standard InChI is InChI=1S/C20H22N2O5S/c1-4-11-21-28(25,26)17-9-7-16(8-10-17)20(24)27-13-19(23)22-18-12-14(2)5-6-15(18)3/h4-10,12,21H,1,11,13H2,2-3H3,(H,22,23). The maximum atomic E-state index is 12.1. The summed E-state index contributed by atoms with van der Waals surface area (Å²) in [5.41, 5.74) is 2.69. The molecule has 0 aliphatic carbocycles. The minimum absolute atomic E-state index is 0.0126. The number of nitrogens with one attached hydrogen (secondary N) is 2. The number of hydrogen-bond donors (Lipinski definition) is 2. The van der Waals surface area contributed by atoms with Crippen molar-refractivity contribution in [1.82, 2.24) is 4.72 Å². The monoisotopic (exact) mass is 402 g/mol. The molecular weight excluding hydrogens is 380 g/mol. The van der Waals surface area contributed by atoms with Crippen LogP contribution < -0.4 is 10.0 Å². The normalized spacial score (nSPS) is 10.9. The molecule has 0 saturated heterocycles. The first-order valence-corrected chi connectivity index (χ1v) is 9.96. The van der Waals surface area contributed by atoms with Crippen molar-refractivity contribution in [2.75, 3.05) is 18.5 Å². The summed E-state index contributed by atoms with van der Waals surface area (Å²) in [4.78, 5) is 24.1. The lowest BCUT2D eigenvalue weighted by Gasteiger charge is -2.10. The maximum Gasteiger partial charge on any atom is 0.338 e. The third-order valence-electron chi connectivity index (χ3n) is 3.82. The van der Waals surface area contributed by atoms with E-state index in [0.29, 0.717) is 5.69 Å². The molecule has 2 aromatic rings. The van der Waals surface area contributed by atoms with E-state index in [9.17, 15) is 18.0 Å². The number of amides is 1. The number of ether oxygens (including phenoxy) is 1. The van der Waals surface area contributed by atoms with Crippen molar-refractivity contribution in [3.05, 3.63) is 71.8 Å². The number of rotatable bonds is 8. The molecule has 0 spiro atoms. The van der Waals surface area contributed by atoms with Gasteiger partial charge in [0.15, 0.2) is 6.61 Å². The van der Waals surface area contributed by atoms with Crippen molar-refractivity contribution in [2.45, 2.75) is 18.7 Å². The molecule has 0 unspecified atom stereocenters. The molecule has 2 aromatic carbocycles. The first kappa shape index (κ1) is 21.3. The van der Waals surface area contributed by atoms with E-state index in [1.807, 2.05) is 32.0 Å². The number of anilines is 1. The second-order valence-electron chi connectivity index (χ2n) is 6.11. The fourth-order valence-electron chi connectivity index (χ4n) is 2.29. The third-order valence-corrected chi connectivity index (χ3v) is 5.26. The summed E-state index contributed by atoms with van der Waals surface area (Å²) in [6, 6.07) is 10.9. The summed E-state index contributed by atoms with van der Waals surface area (Å²) in [7, 11) is -3.67. The van der Waals surface area contributed by atoms with Gasteiger partial charge in [-0.2, -0.15) is 0 Å². The van der Waals surface area contributed by atoms with E-state index in [0.717, 1.165) is 11.1 Å². The number of sulfonamides is 1. The predicted molar refractivity (Wildman–Crippen MR) is 107 cm³/mol. The lowest BCUT2D eigenvalue weighted by molar-refractivity contribution is -0.119. The molecule has 28 heavy (non-hydrogen) atoms. The summed E-state index contributed by atoms with van der Waals surface area (Å²) in [5, 5.41) is 2.69. The average Bonchev–Trinajstić information content (AvgIpc) is 2.67. The van der Waals surface area contributed by atoms with Crippen molar-refractivity contribution in [2.24, 2.45) is 0 Å². The zero-order valence-electron chi connectivity index (χ0n) is 15.7. The number of benzene rings is 2. The Balaban J connectivity index is 1.95. The number of aryl methyl sites for hydroxylation is 2. The fourth-order valence-corrected chi connectivity index (χ4v) is 3.29. The van der Waals surface area contributed by atoms with Crippen LogP contribution >= 0.6 is 0 Å². The molecule has 2 rings (SSSR count). The van der Waals surface area contributed by atoms with Gasteiger partial charge in [0.1, 0.15) is 0 Å². The highest BCUT2D eigenvalue weighted by molar-refractivity contribution is 7.89. The Kier molecular flexibility index (Phi) is 7.08.